The fourth-order valence-electron chi connectivity index (χ4n) is 1.54. The van der Waals surface area contributed by atoms with E-state index in [1.165, 1.54) is 12.1 Å². The van der Waals surface area contributed by atoms with Crippen LogP contribution in [0.1, 0.15) is 12.7 Å². The number of aromatic nitrogens is 2. The van der Waals surface area contributed by atoms with Crippen molar-refractivity contribution < 1.29 is 8.78 Å². The standard InChI is InChI=1S/C12H13F2N3/c1-2-15-7-12-16-6-11(17-12)9-4-3-8(13)5-10(9)14/h3-6,15H,2,7H2,1H3,(H,16,17). The van der Waals surface area contributed by atoms with Gasteiger partial charge in [-0.1, -0.05) is 6.92 Å². The van der Waals surface area contributed by atoms with Crippen LogP contribution in [-0.2, 0) is 6.54 Å². The van der Waals surface area contributed by atoms with Crippen molar-refractivity contribution in [1.29, 1.82) is 0 Å². The highest BCUT2D eigenvalue weighted by molar-refractivity contribution is 5.59. The Balaban J connectivity index is 2.24. The Kier molecular flexibility index (Phi) is 3.49. The third-order valence-corrected chi connectivity index (χ3v) is 2.39. The average molecular weight is 237 g/mol. The van der Waals surface area contributed by atoms with Crippen molar-refractivity contribution >= 4 is 0 Å². The van der Waals surface area contributed by atoms with Gasteiger partial charge in [0.2, 0.25) is 0 Å². The Morgan fingerprint density at radius 2 is 2.18 bits per heavy atom. The Morgan fingerprint density at radius 1 is 1.35 bits per heavy atom. The minimum Gasteiger partial charge on any atom is -0.341 e. The summed E-state index contributed by atoms with van der Waals surface area (Å²) in [4.78, 5) is 7.10. The normalized spacial score (nSPS) is 10.8. The van der Waals surface area contributed by atoms with Gasteiger partial charge < -0.3 is 10.3 Å². The Labute approximate surface area is 97.9 Å². The smallest absolute Gasteiger partial charge is 0.135 e. The lowest BCUT2D eigenvalue weighted by Gasteiger charge is -2.00. The highest BCUT2D eigenvalue weighted by Gasteiger charge is 2.09. The van der Waals surface area contributed by atoms with Gasteiger partial charge in [0.05, 0.1) is 18.4 Å². The maximum Gasteiger partial charge on any atom is 0.135 e. The van der Waals surface area contributed by atoms with Crippen LogP contribution in [0.4, 0.5) is 8.78 Å². The summed E-state index contributed by atoms with van der Waals surface area (Å²) < 4.78 is 26.3. The summed E-state index contributed by atoms with van der Waals surface area (Å²) in [5, 5.41) is 3.11. The van der Waals surface area contributed by atoms with E-state index in [0.29, 0.717) is 17.8 Å². The SMILES string of the molecule is CCNCc1ncc(-c2ccc(F)cc2F)[nH]1. The lowest BCUT2D eigenvalue weighted by atomic mass is 10.1. The lowest BCUT2D eigenvalue weighted by molar-refractivity contribution is 0.585. The zero-order chi connectivity index (χ0) is 12.3. The molecule has 0 radical (unpaired) electrons. The molecule has 90 valence electrons. The van der Waals surface area contributed by atoms with Crippen LogP contribution in [-0.4, -0.2) is 16.5 Å². The summed E-state index contributed by atoms with van der Waals surface area (Å²) >= 11 is 0. The van der Waals surface area contributed by atoms with Crippen LogP contribution >= 0.6 is 0 Å². The molecule has 0 aliphatic heterocycles. The van der Waals surface area contributed by atoms with E-state index >= 15 is 0 Å². The van der Waals surface area contributed by atoms with Crippen molar-refractivity contribution in [2.45, 2.75) is 13.5 Å². The molecule has 0 bridgehead atoms. The van der Waals surface area contributed by atoms with Crippen molar-refractivity contribution in [2.24, 2.45) is 0 Å². The van der Waals surface area contributed by atoms with Gasteiger partial charge in [0, 0.05) is 11.6 Å². The molecule has 5 heteroatoms. The second-order valence-electron chi connectivity index (χ2n) is 3.65. The molecule has 0 aliphatic rings. The zero-order valence-electron chi connectivity index (χ0n) is 9.43. The Hall–Kier alpha value is -1.75. The molecule has 3 nitrogen and oxygen atoms in total. The average Bonchev–Trinajstić information content (AvgIpc) is 2.75. The Morgan fingerprint density at radius 3 is 2.88 bits per heavy atom. The second-order valence-corrected chi connectivity index (χ2v) is 3.65. The number of nitrogens with one attached hydrogen (secondary N) is 2. The van der Waals surface area contributed by atoms with E-state index in [0.717, 1.165) is 18.4 Å². The predicted molar refractivity (Wildman–Crippen MR) is 61.3 cm³/mol. The fourth-order valence-corrected chi connectivity index (χ4v) is 1.54. The number of aromatic amines is 1. The summed E-state index contributed by atoms with van der Waals surface area (Å²) in [6, 6.07) is 3.48. The largest absolute Gasteiger partial charge is 0.341 e. The van der Waals surface area contributed by atoms with Crippen molar-refractivity contribution in [2.75, 3.05) is 6.54 Å². The summed E-state index contributed by atoms with van der Waals surface area (Å²) in [6.45, 7) is 3.42. The number of imidazole rings is 1. The number of hydrogen-bond acceptors (Lipinski definition) is 2. The first-order valence-corrected chi connectivity index (χ1v) is 5.40. The van der Waals surface area contributed by atoms with Gasteiger partial charge in [-0.3, -0.25) is 0 Å². The van der Waals surface area contributed by atoms with Crippen molar-refractivity contribution in [3.63, 3.8) is 0 Å². The number of nitrogens with zero attached hydrogens (tertiary/aromatic N) is 1. The fraction of sp³-hybridized carbons (Fsp3) is 0.250. The highest BCUT2D eigenvalue weighted by atomic mass is 19.1. The topological polar surface area (TPSA) is 40.7 Å². The van der Waals surface area contributed by atoms with Gasteiger partial charge in [-0.2, -0.15) is 0 Å². The molecule has 2 rings (SSSR count). The van der Waals surface area contributed by atoms with Crippen LogP contribution < -0.4 is 5.32 Å². The summed E-state index contributed by atoms with van der Waals surface area (Å²) in [7, 11) is 0. The van der Waals surface area contributed by atoms with Crippen LogP contribution in [0.2, 0.25) is 0 Å². The lowest BCUT2D eigenvalue weighted by Crippen LogP contribution is -2.12. The number of halogens is 2. The number of benzene rings is 1. The third-order valence-electron chi connectivity index (χ3n) is 2.39. The minimum atomic E-state index is -0.594. The van der Waals surface area contributed by atoms with Gasteiger partial charge in [0.15, 0.2) is 0 Å². The van der Waals surface area contributed by atoms with E-state index in [1.807, 2.05) is 6.92 Å². The summed E-state index contributed by atoms with van der Waals surface area (Å²) in [5.41, 5.74) is 0.872. The Bertz CT molecular complexity index is 508. The van der Waals surface area contributed by atoms with Crippen LogP contribution in [0.15, 0.2) is 24.4 Å². The van der Waals surface area contributed by atoms with E-state index < -0.39 is 11.6 Å². The van der Waals surface area contributed by atoms with Gasteiger partial charge in [0.25, 0.3) is 0 Å². The molecule has 0 saturated carbocycles. The van der Waals surface area contributed by atoms with Gasteiger partial charge in [0.1, 0.15) is 17.5 Å². The van der Waals surface area contributed by atoms with E-state index in [-0.39, 0.29) is 0 Å². The molecule has 0 amide bonds. The molecule has 0 atom stereocenters. The monoisotopic (exact) mass is 237 g/mol. The first-order chi connectivity index (χ1) is 8.20. The number of hydrogen-bond donors (Lipinski definition) is 2. The quantitative estimate of drug-likeness (QED) is 0.857. The van der Waals surface area contributed by atoms with Gasteiger partial charge >= 0.3 is 0 Å². The molecule has 0 unspecified atom stereocenters. The molecule has 2 N–H and O–H groups in total. The summed E-state index contributed by atoms with van der Waals surface area (Å²) in [5.74, 6) is -0.451. The van der Waals surface area contributed by atoms with E-state index in [1.54, 1.807) is 6.20 Å². The first kappa shape index (κ1) is 11.7. The molecule has 0 saturated heterocycles. The zero-order valence-corrected chi connectivity index (χ0v) is 9.43. The van der Waals surface area contributed by atoms with E-state index in [9.17, 15) is 8.78 Å². The van der Waals surface area contributed by atoms with Crippen molar-refractivity contribution in [1.82, 2.24) is 15.3 Å². The van der Waals surface area contributed by atoms with Crippen LogP contribution in [0.25, 0.3) is 11.3 Å². The predicted octanol–water partition coefficient (Wildman–Crippen LogP) is 2.46. The van der Waals surface area contributed by atoms with Gasteiger partial charge in [-0.15, -0.1) is 0 Å². The molecule has 1 heterocycles. The molecule has 17 heavy (non-hydrogen) atoms. The summed E-state index contributed by atoms with van der Waals surface area (Å²) in [6.07, 6.45) is 1.54. The maximum absolute atomic E-state index is 13.5. The maximum atomic E-state index is 13.5. The van der Waals surface area contributed by atoms with Crippen LogP contribution in [0, 0.1) is 11.6 Å². The highest BCUT2D eigenvalue weighted by Crippen LogP contribution is 2.21. The first-order valence-electron chi connectivity index (χ1n) is 5.40. The molecular weight excluding hydrogens is 224 g/mol. The molecule has 1 aromatic heterocycles. The van der Waals surface area contributed by atoms with Crippen molar-refractivity contribution in [3.05, 3.63) is 41.9 Å². The van der Waals surface area contributed by atoms with Crippen LogP contribution in [0.5, 0.6) is 0 Å². The number of rotatable bonds is 4. The molecular formula is C12H13F2N3. The molecule has 2 aromatic rings. The van der Waals surface area contributed by atoms with Crippen LogP contribution in [0.3, 0.4) is 0 Å². The molecule has 0 aliphatic carbocycles. The second kappa shape index (κ2) is 5.05. The molecule has 0 spiro atoms. The van der Waals surface area contributed by atoms with Crippen molar-refractivity contribution in [3.8, 4) is 11.3 Å². The number of H-pyrrole nitrogens is 1. The van der Waals surface area contributed by atoms with E-state index in [2.05, 4.69) is 15.3 Å². The minimum absolute atomic E-state index is 0.321. The molecule has 0 fully saturated rings. The van der Waals surface area contributed by atoms with Gasteiger partial charge in [-0.05, 0) is 18.7 Å². The van der Waals surface area contributed by atoms with E-state index in [4.69, 9.17) is 0 Å². The van der Waals surface area contributed by atoms with Gasteiger partial charge in [-0.25, -0.2) is 13.8 Å². The molecule has 1 aromatic carbocycles. The third kappa shape index (κ3) is 2.68.